The summed E-state index contributed by atoms with van der Waals surface area (Å²) in [7, 11) is 1.71. The van der Waals surface area contributed by atoms with Gasteiger partial charge < -0.3 is 9.84 Å². The number of benzene rings is 1. The quantitative estimate of drug-likeness (QED) is 0.557. The van der Waals surface area contributed by atoms with Gasteiger partial charge in [-0.15, -0.1) is 11.8 Å². The van der Waals surface area contributed by atoms with Gasteiger partial charge in [-0.2, -0.15) is 0 Å². The predicted octanol–water partition coefficient (Wildman–Crippen LogP) is 3.49. The van der Waals surface area contributed by atoms with Crippen LogP contribution in [-0.4, -0.2) is 41.9 Å². The first kappa shape index (κ1) is 17.2. The van der Waals surface area contributed by atoms with Crippen molar-refractivity contribution in [3.8, 4) is 5.75 Å². The number of ether oxygens (including phenoxy) is 1. The fourth-order valence-electron chi connectivity index (χ4n) is 2.58. The molecule has 0 radical (unpaired) electrons. The Morgan fingerprint density at radius 1 is 1.41 bits per heavy atom. The van der Waals surface area contributed by atoms with Gasteiger partial charge in [0.2, 0.25) is 0 Å². The zero-order valence-corrected chi connectivity index (χ0v) is 14.2. The van der Waals surface area contributed by atoms with E-state index in [-0.39, 0.29) is 5.92 Å². The molecule has 1 aliphatic heterocycles. The molecule has 122 valence electrons. The Bertz CT molecular complexity index is 501. The molecule has 22 heavy (non-hydrogen) atoms. The third-order valence-corrected chi connectivity index (χ3v) is 5.09. The monoisotopic (exact) mass is 323 g/mol. The van der Waals surface area contributed by atoms with Gasteiger partial charge in [-0.3, -0.25) is 9.69 Å². The summed E-state index contributed by atoms with van der Waals surface area (Å²) in [6, 6.07) is 6.33. The van der Waals surface area contributed by atoms with E-state index in [9.17, 15) is 4.79 Å². The summed E-state index contributed by atoms with van der Waals surface area (Å²) in [5, 5.41) is 8.91. The number of rotatable bonds is 9. The molecule has 1 aromatic rings. The maximum absolute atomic E-state index is 10.8. The number of methoxy groups -OCH3 is 1. The van der Waals surface area contributed by atoms with Crippen molar-refractivity contribution in [2.24, 2.45) is 5.92 Å². The van der Waals surface area contributed by atoms with Crippen molar-refractivity contribution in [2.45, 2.75) is 37.6 Å². The first-order valence-corrected chi connectivity index (χ1v) is 8.87. The normalized spacial score (nSPS) is 15.5. The van der Waals surface area contributed by atoms with Crippen LogP contribution in [0.25, 0.3) is 0 Å². The molecule has 0 bridgehead atoms. The molecule has 0 aliphatic carbocycles. The van der Waals surface area contributed by atoms with Crippen molar-refractivity contribution in [3.05, 3.63) is 23.8 Å². The van der Waals surface area contributed by atoms with Crippen LogP contribution in [0.5, 0.6) is 5.75 Å². The second-order valence-electron chi connectivity index (χ2n) is 5.77. The summed E-state index contributed by atoms with van der Waals surface area (Å²) in [4.78, 5) is 14.2. The standard InChI is InChI=1S/C17H25NO3S/c1-3-4-5-8-22-16-7-6-13(9-15(16)21-2)10-18-11-14(12-18)17(19)20/h6-7,9,14H,3-5,8,10-12H2,1-2H3,(H,19,20). The predicted molar refractivity (Wildman–Crippen MR) is 89.6 cm³/mol. The van der Waals surface area contributed by atoms with E-state index in [1.165, 1.54) is 29.7 Å². The van der Waals surface area contributed by atoms with Crippen LogP contribution in [0.15, 0.2) is 23.1 Å². The lowest BCUT2D eigenvalue weighted by Crippen LogP contribution is -2.49. The minimum absolute atomic E-state index is 0.199. The second kappa shape index (κ2) is 8.44. The van der Waals surface area contributed by atoms with Crippen molar-refractivity contribution in [3.63, 3.8) is 0 Å². The molecule has 1 heterocycles. The van der Waals surface area contributed by atoms with Crippen LogP contribution in [0.4, 0.5) is 0 Å². The zero-order chi connectivity index (χ0) is 15.9. The summed E-state index contributed by atoms with van der Waals surface area (Å²) in [5.41, 5.74) is 1.18. The van der Waals surface area contributed by atoms with Crippen molar-refractivity contribution < 1.29 is 14.6 Å². The molecule has 1 aliphatic rings. The highest BCUT2D eigenvalue weighted by atomic mass is 32.2. The van der Waals surface area contributed by atoms with E-state index in [2.05, 4.69) is 30.0 Å². The van der Waals surface area contributed by atoms with Gasteiger partial charge in [-0.25, -0.2) is 0 Å². The van der Waals surface area contributed by atoms with Gasteiger partial charge in [-0.1, -0.05) is 25.8 Å². The summed E-state index contributed by atoms with van der Waals surface area (Å²) in [6.45, 7) is 4.29. The Morgan fingerprint density at radius 2 is 2.18 bits per heavy atom. The molecule has 5 heteroatoms. The van der Waals surface area contributed by atoms with E-state index in [0.29, 0.717) is 13.1 Å². The molecule has 4 nitrogen and oxygen atoms in total. The number of carboxylic acids is 1. The zero-order valence-electron chi connectivity index (χ0n) is 13.4. The molecule has 0 aromatic heterocycles. The third kappa shape index (κ3) is 4.65. The average Bonchev–Trinajstić information content (AvgIpc) is 2.47. The van der Waals surface area contributed by atoms with E-state index < -0.39 is 5.97 Å². The Hall–Kier alpha value is -1.20. The molecule has 1 fully saturated rings. The van der Waals surface area contributed by atoms with Gasteiger partial charge in [0.05, 0.1) is 13.0 Å². The van der Waals surface area contributed by atoms with E-state index in [1.54, 1.807) is 7.11 Å². The van der Waals surface area contributed by atoms with Crippen LogP contribution >= 0.6 is 11.8 Å². The molecular formula is C17H25NO3S. The topological polar surface area (TPSA) is 49.8 Å². The molecule has 1 aromatic carbocycles. The minimum Gasteiger partial charge on any atom is -0.496 e. The Morgan fingerprint density at radius 3 is 2.82 bits per heavy atom. The number of hydrogen-bond donors (Lipinski definition) is 1. The van der Waals surface area contributed by atoms with Gasteiger partial charge >= 0.3 is 5.97 Å². The van der Waals surface area contributed by atoms with E-state index in [0.717, 1.165) is 18.0 Å². The number of nitrogens with zero attached hydrogens (tertiary/aromatic N) is 1. The van der Waals surface area contributed by atoms with Gasteiger partial charge in [0, 0.05) is 24.5 Å². The van der Waals surface area contributed by atoms with Crippen LogP contribution in [0.2, 0.25) is 0 Å². The van der Waals surface area contributed by atoms with Gasteiger partial charge in [0.15, 0.2) is 0 Å². The molecule has 1 saturated heterocycles. The molecular weight excluding hydrogens is 298 g/mol. The summed E-state index contributed by atoms with van der Waals surface area (Å²) in [6.07, 6.45) is 3.74. The first-order valence-electron chi connectivity index (χ1n) is 7.89. The van der Waals surface area contributed by atoms with Crippen molar-refractivity contribution in [2.75, 3.05) is 26.0 Å². The highest BCUT2D eigenvalue weighted by molar-refractivity contribution is 7.99. The molecule has 1 N–H and O–H groups in total. The summed E-state index contributed by atoms with van der Waals surface area (Å²) in [5.74, 6) is 1.16. The number of carboxylic acid groups (broad SMARTS) is 1. The molecule has 0 atom stereocenters. The smallest absolute Gasteiger partial charge is 0.309 e. The number of aliphatic carboxylic acids is 1. The second-order valence-corrected chi connectivity index (χ2v) is 6.91. The van der Waals surface area contributed by atoms with E-state index >= 15 is 0 Å². The summed E-state index contributed by atoms with van der Waals surface area (Å²) < 4.78 is 5.50. The van der Waals surface area contributed by atoms with Crippen molar-refractivity contribution in [1.82, 2.24) is 4.90 Å². The lowest BCUT2D eigenvalue weighted by molar-refractivity contribution is -0.147. The average molecular weight is 323 g/mol. The number of likely N-dealkylation sites (tertiary alicyclic amines) is 1. The number of carbonyl (C=O) groups is 1. The van der Waals surface area contributed by atoms with Gasteiger partial charge in [0.25, 0.3) is 0 Å². The highest BCUT2D eigenvalue weighted by Crippen LogP contribution is 2.32. The number of thioether (sulfide) groups is 1. The highest BCUT2D eigenvalue weighted by Gasteiger charge is 2.32. The van der Waals surface area contributed by atoms with Crippen molar-refractivity contribution in [1.29, 1.82) is 0 Å². The fraction of sp³-hybridized carbons (Fsp3) is 0.588. The summed E-state index contributed by atoms with van der Waals surface area (Å²) >= 11 is 1.85. The SMILES string of the molecule is CCCCCSc1ccc(CN2CC(C(=O)O)C2)cc1OC. The van der Waals surface area contributed by atoms with Crippen LogP contribution in [-0.2, 0) is 11.3 Å². The molecule has 0 saturated carbocycles. The van der Waals surface area contributed by atoms with Crippen LogP contribution in [0.3, 0.4) is 0 Å². The molecule has 0 spiro atoms. The van der Waals surface area contributed by atoms with Crippen molar-refractivity contribution >= 4 is 17.7 Å². The Labute approximate surface area is 136 Å². The minimum atomic E-state index is -0.687. The largest absolute Gasteiger partial charge is 0.496 e. The van der Waals surface area contributed by atoms with E-state index in [4.69, 9.17) is 9.84 Å². The maximum atomic E-state index is 10.8. The molecule has 2 rings (SSSR count). The Kier molecular flexibility index (Phi) is 6.58. The first-order chi connectivity index (χ1) is 10.6. The molecule has 0 unspecified atom stereocenters. The van der Waals surface area contributed by atoms with Crippen LogP contribution < -0.4 is 4.74 Å². The fourth-order valence-corrected chi connectivity index (χ4v) is 3.59. The lowest BCUT2D eigenvalue weighted by atomic mass is 9.99. The lowest BCUT2D eigenvalue weighted by Gasteiger charge is -2.36. The van der Waals surface area contributed by atoms with Crippen LogP contribution in [0, 0.1) is 5.92 Å². The third-order valence-electron chi connectivity index (χ3n) is 3.95. The number of unbranched alkanes of at least 4 members (excludes halogenated alkanes) is 2. The van der Waals surface area contributed by atoms with Gasteiger partial charge in [-0.05, 0) is 29.9 Å². The molecule has 0 amide bonds. The number of hydrogen-bond acceptors (Lipinski definition) is 4. The van der Waals surface area contributed by atoms with Crippen LogP contribution in [0.1, 0.15) is 31.7 Å². The van der Waals surface area contributed by atoms with Gasteiger partial charge in [0.1, 0.15) is 5.75 Å². The maximum Gasteiger partial charge on any atom is 0.309 e. The Balaban J connectivity index is 1.87. The van der Waals surface area contributed by atoms with E-state index in [1.807, 2.05) is 11.8 Å².